The van der Waals surface area contributed by atoms with E-state index in [0.717, 1.165) is 16.9 Å². The summed E-state index contributed by atoms with van der Waals surface area (Å²) in [7, 11) is 1.61. The first-order valence-corrected chi connectivity index (χ1v) is 8.98. The number of aryl methyl sites for hydroxylation is 1. The van der Waals surface area contributed by atoms with E-state index in [2.05, 4.69) is 10.3 Å². The van der Waals surface area contributed by atoms with E-state index in [-0.39, 0.29) is 11.7 Å². The molecule has 2 heterocycles. The third-order valence-electron chi connectivity index (χ3n) is 4.90. The lowest BCUT2D eigenvalue weighted by Gasteiger charge is -2.27. The molecule has 0 saturated heterocycles. The zero-order valence-corrected chi connectivity index (χ0v) is 15.6. The Morgan fingerprint density at radius 3 is 2.71 bits per heavy atom. The molecule has 0 bridgehead atoms. The van der Waals surface area contributed by atoms with Crippen LogP contribution in [0.4, 0.5) is 10.1 Å². The lowest BCUT2D eigenvalue weighted by atomic mass is 10.1. The summed E-state index contributed by atoms with van der Waals surface area (Å²) in [4.78, 5) is 19.2. The Hall–Kier alpha value is -3.41. The highest BCUT2D eigenvalue weighted by molar-refractivity contribution is 5.98. The molecule has 142 valence electrons. The van der Waals surface area contributed by atoms with E-state index < -0.39 is 6.17 Å². The lowest BCUT2D eigenvalue weighted by Crippen LogP contribution is -2.32. The minimum Gasteiger partial charge on any atom is -0.497 e. The first kappa shape index (κ1) is 18.0. The molecule has 2 aromatic carbocycles. The highest BCUT2D eigenvalue weighted by atomic mass is 19.1. The zero-order chi connectivity index (χ0) is 19.7. The van der Waals surface area contributed by atoms with Crippen LogP contribution >= 0.6 is 0 Å². The molecule has 0 unspecified atom stereocenters. The maximum absolute atomic E-state index is 13.8. The number of aromatic nitrogens is 1. The van der Waals surface area contributed by atoms with Crippen molar-refractivity contribution < 1.29 is 13.9 Å². The Kier molecular flexibility index (Phi) is 4.69. The molecule has 0 radical (unpaired) electrons. The predicted octanol–water partition coefficient (Wildman–Crippen LogP) is 4.30. The van der Waals surface area contributed by atoms with E-state index >= 15 is 0 Å². The standard InChI is InChI=1S/C22H20FN3O2/c1-14-5-8-16(23)12-19(14)25-21-20-18(4-3-11-24-20)22(27)26(21)13-15-6-9-17(28-2)10-7-15/h3-12,21,25H,13H2,1-2H3/t21-/m1/s1. The Balaban J connectivity index is 1.68. The van der Waals surface area contributed by atoms with Crippen LogP contribution in [0.3, 0.4) is 0 Å². The van der Waals surface area contributed by atoms with Crippen LogP contribution in [0, 0.1) is 12.7 Å². The van der Waals surface area contributed by atoms with Gasteiger partial charge >= 0.3 is 0 Å². The van der Waals surface area contributed by atoms with Crippen LogP contribution in [-0.4, -0.2) is 22.9 Å². The summed E-state index contributed by atoms with van der Waals surface area (Å²) in [5.41, 5.74) is 3.69. The molecular weight excluding hydrogens is 357 g/mol. The molecule has 3 aromatic rings. The molecule has 0 fully saturated rings. The van der Waals surface area contributed by atoms with Crippen LogP contribution in [0.15, 0.2) is 60.8 Å². The maximum atomic E-state index is 13.8. The van der Waals surface area contributed by atoms with Crippen LogP contribution in [0.5, 0.6) is 5.75 Å². The van der Waals surface area contributed by atoms with Crippen molar-refractivity contribution >= 4 is 11.6 Å². The summed E-state index contributed by atoms with van der Waals surface area (Å²) < 4.78 is 19.0. The summed E-state index contributed by atoms with van der Waals surface area (Å²) in [5.74, 6) is 0.317. The van der Waals surface area contributed by atoms with Gasteiger partial charge in [-0.05, 0) is 54.4 Å². The van der Waals surface area contributed by atoms with Crippen LogP contribution in [0.2, 0.25) is 0 Å². The summed E-state index contributed by atoms with van der Waals surface area (Å²) >= 11 is 0. The molecule has 1 aromatic heterocycles. The zero-order valence-electron chi connectivity index (χ0n) is 15.6. The maximum Gasteiger partial charge on any atom is 0.258 e. The highest BCUT2D eigenvalue weighted by Gasteiger charge is 2.38. The van der Waals surface area contributed by atoms with Crippen LogP contribution in [0.25, 0.3) is 0 Å². The number of halogens is 1. The lowest BCUT2D eigenvalue weighted by molar-refractivity contribution is 0.0727. The van der Waals surface area contributed by atoms with Crippen molar-refractivity contribution in [2.75, 3.05) is 12.4 Å². The average Bonchev–Trinajstić information content (AvgIpc) is 2.97. The number of pyridine rings is 1. The fourth-order valence-corrected chi connectivity index (χ4v) is 3.37. The van der Waals surface area contributed by atoms with Gasteiger partial charge in [0.1, 0.15) is 17.7 Å². The minimum atomic E-state index is -0.480. The molecule has 5 nitrogen and oxygen atoms in total. The van der Waals surface area contributed by atoms with Gasteiger partial charge in [-0.2, -0.15) is 0 Å². The normalized spacial score (nSPS) is 15.5. The molecule has 1 amide bonds. The van der Waals surface area contributed by atoms with E-state index in [1.807, 2.05) is 31.2 Å². The number of hydrogen-bond donors (Lipinski definition) is 1. The monoisotopic (exact) mass is 377 g/mol. The fraction of sp³-hybridized carbons (Fsp3) is 0.182. The third-order valence-corrected chi connectivity index (χ3v) is 4.90. The molecule has 0 spiro atoms. The molecule has 0 saturated carbocycles. The van der Waals surface area contributed by atoms with E-state index in [0.29, 0.717) is 23.5 Å². The largest absolute Gasteiger partial charge is 0.497 e. The molecule has 1 aliphatic heterocycles. The number of amides is 1. The van der Waals surface area contributed by atoms with Crippen molar-refractivity contribution in [3.05, 3.63) is 89.0 Å². The average molecular weight is 377 g/mol. The van der Waals surface area contributed by atoms with Gasteiger partial charge in [0.15, 0.2) is 0 Å². The predicted molar refractivity (Wildman–Crippen MR) is 105 cm³/mol. The van der Waals surface area contributed by atoms with E-state index in [1.165, 1.54) is 12.1 Å². The van der Waals surface area contributed by atoms with Crippen LogP contribution in [0.1, 0.15) is 33.3 Å². The minimum absolute atomic E-state index is 0.106. The Morgan fingerprint density at radius 2 is 1.96 bits per heavy atom. The van der Waals surface area contributed by atoms with Gasteiger partial charge in [-0.15, -0.1) is 0 Å². The van der Waals surface area contributed by atoms with Crippen LogP contribution < -0.4 is 10.1 Å². The number of nitrogens with zero attached hydrogens (tertiary/aromatic N) is 2. The van der Waals surface area contributed by atoms with Crippen molar-refractivity contribution in [3.8, 4) is 5.75 Å². The summed E-state index contributed by atoms with van der Waals surface area (Å²) in [6.45, 7) is 2.29. The second kappa shape index (κ2) is 7.31. The number of benzene rings is 2. The molecule has 4 rings (SSSR count). The van der Waals surface area contributed by atoms with Crippen molar-refractivity contribution in [1.82, 2.24) is 9.88 Å². The van der Waals surface area contributed by atoms with Gasteiger partial charge in [0.2, 0.25) is 0 Å². The number of rotatable bonds is 5. The summed E-state index contributed by atoms with van der Waals surface area (Å²) in [5, 5.41) is 3.31. The highest BCUT2D eigenvalue weighted by Crippen LogP contribution is 2.35. The number of methoxy groups -OCH3 is 1. The van der Waals surface area contributed by atoms with E-state index in [9.17, 15) is 9.18 Å². The molecule has 0 aliphatic carbocycles. The number of anilines is 1. The second-order valence-corrected chi connectivity index (χ2v) is 6.72. The van der Waals surface area contributed by atoms with Gasteiger partial charge in [-0.1, -0.05) is 18.2 Å². The molecule has 6 heteroatoms. The first-order chi connectivity index (χ1) is 13.6. The van der Waals surface area contributed by atoms with Gasteiger partial charge in [-0.3, -0.25) is 9.78 Å². The van der Waals surface area contributed by atoms with Crippen LogP contribution in [-0.2, 0) is 6.54 Å². The Bertz CT molecular complexity index is 1020. The Labute approximate surface area is 162 Å². The van der Waals surface area contributed by atoms with Gasteiger partial charge in [0, 0.05) is 18.4 Å². The molecule has 1 atom stereocenters. The first-order valence-electron chi connectivity index (χ1n) is 8.98. The van der Waals surface area contributed by atoms with Crippen molar-refractivity contribution in [1.29, 1.82) is 0 Å². The van der Waals surface area contributed by atoms with E-state index in [4.69, 9.17) is 4.74 Å². The summed E-state index contributed by atoms with van der Waals surface area (Å²) in [6.07, 6.45) is 1.18. The number of carbonyl (C=O) groups is 1. The second-order valence-electron chi connectivity index (χ2n) is 6.72. The van der Waals surface area contributed by atoms with Crippen molar-refractivity contribution in [2.45, 2.75) is 19.6 Å². The Morgan fingerprint density at radius 1 is 1.18 bits per heavy atom. The molecular formula is C22H20FN3O2. The van der Waals surface area contributed by atoms with Gasteiger partial charge in [-0.25, -0.2) is 4.39 Å². The quantitative estimate of drug-likeness (QED) is 0.720. The molecule has 1 N–H and O–H groups in total. The number of ether oxygens (including phenoxy) is 1. The number of carbonyl (C=O) groups excluding carboxylic acids is 1. The third kappa shape index (κ3) is 3.29. The van der Waals surface area contributed by atoms with E-state index in [1.54, 1.807) is 36.4 Å². The van der Waals surface area contributed by atoms with Crippen molar-refractivity contribution in [3.63, 3.8) is 0 Å². The van der Waals surface area contributed by atoms with Gasteiger partial charge in [0.25, 0.3) is 5.91 Å². The van der Waals surface area contributed by atoms with Gasteiger partial charge < -0.3 is 15.0 Å². The SMILES string of the molecule is COc1ccc(CN2C(=O)c3cccnc3[C@@H]2Nc2cc(F)ccc2C)cc1. The van der Waals surface area contributed by atoms with Gasteiger partial charge in [0.05, 0.1) is 18.4 Å². The number of fused-ring (bicyclic) bond motifs is 1. The summed E-state index contributed by atoms with van der Waals surface area (Å²) in [6, 6.07) is 15.7. The smallest absolute Gasteiger partial charge is 0.258 e. The molecule has 28 heavy (non-hydrogen) atoms. The molecule has 1 aliphatic rings. The topological polar surface area (TPSA) is 54.5 Å². The van der Waals surface area contributed by atoms with Crippen molar-refractivity contribution in [2.24, 2.45) is 0 Å². The number of nitrogens with one attached hydrogen (secondary N) is 1. The number of hydrogen-bond acceptors (Lipinski definition) is 4. The fourth-order valence-electron chi connectivity index (χ4n) is 3.37.